The van der Waals surface area contributed by atoms with E-state index in [0.29, 0.717) is 11.8 Å². The van der Waals surface area contributed by atoms with Crippen LogP contribution in [0.2, 0.25) is 0 Å². The molecule has 0 unspecified atom stereocenters. The predicted molar refractivity (Wildman–Crippen MR) is 87.6 cm³/mol. The molecule has 2 aromatic carbocycles. The standard InChI is InChI=1S/C18H18BrNO/c19-15-6-7-18-16(8-15)17-11-20(10-14(17)12-21-18)9-13-4-2-1-3-5-13/h1-8,14,17H,9-12H2/t14-,17+/m0/s1. The molecule has 0 amide bonds. The van der Waals surface area contributed by atoms with E-state index in [-0.39, 0.29) is 0 Å². The molecular weight excluding hydrogens is 326 g/mol. The lowest BCUT2D eigenvalue weighted by Gasteiger charge is -2.27. The van der Waals surface area contributed by atoms with Gasteiger partial charge in [0, 0.05) is 41.5 Å². The molecule has 4 rings (SSSR count). The van der Waals surface area contributed by atoms with Gasteiger partial charge in [-0.25, -0.2) is 0 Å². The Morgan fingerprint density at radius 2 is 1.95 bits per heavy atom. The summed E-state index contributed by atoms with van der Waals surface area (Å²) in [4.78, 5) is 2.56. The second-order valence-corrected chi connectivity index (χ2v) is 6.96. The van der Waals surface area contributed by atoms with Crippen LogP contribution in [0.3, 0.4) is 0 Å². The summed E-state index contributed by atoms with van der Waals surface area (Å²) in [6.45, 7) is 4.15. The second-order valence-electron chi connectivity index (χ2n) is 6.04. The third-order valence-electron chi connectivity index (χ3n) is 4.59. The quantitative estimate of drug-likeness (QED) is 0.815. The Bertz CT molecular complexity index is 643. The van der Waals surface area contributed by atoms with E-state index < -0.39 is 0 Å². The molecule has 21 heavy (non-hydrogen) atoms. The van der Waals surface area contributed by atoms with Gasteiger partial charge in [-0.05, 0) is 23.8 Å². The van der Waals surface area contributed by atoms with Crippen LogP contribution in [0.25, 0.3) is 0 Å². The molecule has 2 aliphatic heterocycles. The SMILES string of the molecule is Brc1ccc2c(c1)[C@@H]1CN(Cc3ccccc3)C[C@H]1CO2. The van der Waals surface area contributed by atoms with Crippen molar-refractivity contribution in [1.82, 2.24) is 4.90 Å². The fourth-order valence-electron chi connectivity index (χ4n) is 3.59. The predicted octanol–water partition coefficient (Wildman–Crippen LogP) is 4.06. The number of ether oxygens (including phenoxy) is 1. The van der Waals surface area contributed by atoms with E-state index in [4.69, 9.17) is 4.74 Å². The van der Waals surface area contributed by atoms with Gasteiger partial charge in [-0.2, -0.15) is 0 Å². The Labute approximate surface area is 133 Å². The monoisotopic (exact) mass is 343 g/mol. The molecule has 3 heteroatoms. The molecule has 108 valence electrons. The molecule has 2 heterocycles. The number of halogens is 1. The first-order valence-electron chi connectivity index (χ1n) is 7.48. The summed E-state index contributed by atoms with van der Waals surface area (Å²) in [7, 11) is 0. The number of likely N-dealkylation sites (tertiary alicyclic amines) is 1. The zero-order valence-corrected chi connectivity index (χ0v) is 13.4. The molecule has 1 fully saturated rings. The fraction of sp³-hybridized carbons (Fsp3) is 0.333. The summed E-state index contributed by atoms with van der Waals surface area (Å²) in [5.74, 6) is 2.30. The van der Waals surface area contributed by atoms with Crippen molar-refractivity contribution in [2.75, 3.05) is 19.7 Å². The third-order valence-corrected chi connectivity index (χ3v) is 5.08. The van der Waals surface area contributed by atoms with Crippen molar-refractivity contribution in [3.63, 3.8) is 0 Å². The van der Waals surface area contributed by atoms with E-state index in [2.05, 4.69) is 69.4 Å². The topological polar surface area (TPSA) is 12.5 Å². The smallest absolute Gasteiger partial charge is 0.122 e. The molecule has 0 spiro atoms. The van der Waals surface area contributed by atoms with Gasteiger partial charge in [0.2, 0.25) is 0 Å². The van der Waals surface area contributed by atoms with Crippen LogP contribution in [0.15, 0.2) is 53.0 Å². The van der Waals surface area contributed by atoms with Gasteiger partial charge in [-0.3, -0.25) is 4.90 Å². The van der Waals surface area contributed by atoms with E-state index >= 15 is 0 Å². The second kappa shape index (κ2) is 5.47. The molecule has 0 aliphatic carbocycles. The van der Waals surface area contributed by atoms with E-state index in [1.807, 2.05) is 0 Å². The number of fused-ring (bicyclic) bond motifs is 3. The lowest BCUT2D eigenvalue weighted by Crippen LogP contribution is -2.25. The molecular formula is C18H18BrNO. The minimum Gasteiger partial charge on any atom is -0.493 e. The van der Waals surface area contributed by atoms with Crippen molar-refractivity contribution in [3.8, 4) is 5.75 Å². The number of nitrogens with zero attached hydrogens (tertiary/aromatic N) is 1. The molecule has 0 radical (unpaired) electrons. The number of benzene rings is 2. The van der Waals surface area contributed by atoms with Gasteiger partial charge in [-0.1, -0.05) is 46.3 Å². The molecule has 0 bridgehead atoms. The lowest BCUT2D eigenvalue weighted by molar-refractivity contribution is 0.212. The lowest BCUT2D eigenvalue weighted by atomic mass is 9.87. The Kier molecular flexibility index (Phi) is 3.48. The van der Waals surface area contributed by atoms with Gasteiger partial charge in [0.25, 0.3) is 0 Å². The first-order valence-corrected chi connectivity index (χ1v) is 8.27. The Morgan fingerprint density at radius 1 is 1.10 bits per heavy atom. The summed E-state index contributed by atoms with van der Waals surface area (Å²) in [5, 5.41) is 0. The maximum absolute atomic E-state index is 5.94. The summed E-state index contributed by atoms with van der Waals surface area (Å²) in [6.07, 6.45) is 0. The molecule has 0 aromatic heterocycles. The maximum Gasteiger partial charge on any atom is 0.122 e. The minimum atomic E-state index is 0.606. The van der Waals surface area contributed by atoms with Crippen LogP contribution < -0.4 is 4.74 Å². The summed E-state index contributed by atoms with van der Waals surface area (Å²) in [6, 6.07) is 17.1. The normalized spacial score (nSPS) is 24.2. The van der Waals surface area contributed by atoms with Crippen molar-refractivity contribution in [1.29, 1.82) is 0 Å². The van der Waals surface area contributed by atoms with Gasteiger partial charge in [-0.15, -0.1) is 0 Å². The van der Waals surface area contributed by atoms with Crippen LogP contribution in [0.5, 0.6) is 5.75 Å². The van der Waals surface area contributed by atoms with Crippen molar-refractivity contribution >= 4 is 15.9 Å². The van der Waals surface area contributed by atoms with Crippen LogP contribution in [0, 0.1) is 5.92 Å². The van der Waals surface area contributed by atoms with Crippen molar-refractivity contribution in [3.05, 3.63) is 64.1 Å². The zero-order valence-electron chi connectivity index (χ0n) is 11.8. The van der Waals surface area contributed by atoms with Gasteiger partial charge in [0.05, 0.1) is 6.61 Å². The zero-order chi connectivity index (χ0) is 14.2. The molecule has 2 nitrogen and oxygen atoms in total. The van der Waals surface area contributed by atoms with Crippen LogP contribution in [-0.4, -0.2) is 24.6 Å². The highest BCUT2D eigenvalue weighted by Crippen LogP contribution is 2.42. The van der Waals surface area contributed by atoms with Crippen LogP contribution in [0.4, 0.5) is 0 Å². The van der Waals surface area contributed by atoms with Crippen LogP contribution >= 0.6 is 15.9 Å². The third kappa shape index (κ3) is 2.60. The van der Waals surface area contributed by atoms with E-state index in [9.17, 15) is 0 Å². The summed E-state index contributed by atoms with van der Waals surface area (Å²) < 4.78 is 7.09. The van der Waals surface area contributed by atoms with Gasteiger partial charge < -0.3 is 4.74 Å². The summed E-state index contributed by atoms with van der Waals surface area (Å²) in [5.41, 5.74) is 2.77. The first kappa shape index (κ1) is 13.4. The summed E-state index contributed by atoms with van der Waals surface area (Å²) >= 11 is 3.59. The van der Waals surface area contributed by atoms with Crippen molar-refractivity contribution in [2.45, 2.75) is 12.5 Å². The van der Waals surface area contributed by atoms with Gasteiger partial charge in [0.15, 0.2) is 0 Å². The fourth-order valence-corrected chi connectivity index (χ4v) is 3.97. The van der Waals surface area contributed by atoms with Crippen molar-refractivity contribution in [2.24, 2.45) is 5.92 Å². The van der Waals surface area contributed by atoms with Crippen LogP contribution in [-0.2, 0) is 6.54 Å². The number of rotatable bonds is 2. The Hall–Kier alpha value is -1.32. The molecule has 2 atom stereocenters. The Morgan fingerprint density at radius 3 is 2.81 bits per heavy atom. The molecule has 0 saturated carbocycles. The molecule has 2 aliphatic rings. The average molecular weight is 344 g/mol. The highest BCUT2D eigenvalue weighted by molar-refractivity contribution is 9.10. The highest BCUT2D eigenvalue weighted by Gasteiger charge is 2.38. The average Bonchev–Trinajstić information content (AvgIpc) is 2.91. The van der Waals surface area contributed by atoms with Crippen LogP contribution in [0.1, 0.15) is 17.0 Å². The van der Waals surface area contributed by atoms with Gasteiger partial charge >= 0.3 is 0 Å². The number of hydrogen-bond acceptors (Lipinski definition) is 2. The van der Waals surface area contributed by atoms with E-state index in [1.165, 1.54) is 11.1 Å². The highest BCUT2D eigenvalue weighted by atomic mass is 79.9. The first-order chi connectivity index (χ1) is 10.3. The molecule has 2 aromatic rings. The largest absolute Gasteiger partial charge is 0.493 e. The number of hydrogen-bond donors (Lipinski definition) is 0. The van der Waals surface area contributed by atoms with Crippen molar-refractivity contribution < 1.29 is 4.74 Å². The van der Waals surface area contributed by atoms with E-state index in [0.717, 1.165) is 36.5 Å². The molecule has 1 saturated heterocycles. The Balaban J connectivity index is 1.55. The van der Waals surface area contributed by atoms with E-state index in [1.54, 1.807) is 0 Å². The van der Waals surface area contributed by atoms with Gasteiger partial charge in [0.1, 0.15) is 5.75 Å². The molecule has 0 N–H and O–H groups in total. The minimum absolute atomic E-state index is 0.606. The maximum atomic E-state index is 5.94.